The second-order valence-electron chi connectivity index (χ2n) is 7.20. The summed E-state index contributed by atoms with van der Waals surface area (Å²) in [7, 11) is 3.77. The Morgan fingerprint density at radius 1 is 1.10 bits per heavy atom. The van der Waals surface area contributed by atoms with Crippen molar-refractivity contribution in [3.63, 3.8) is 0 Å². The van der Waals surface area contributed by atoms with Crippen molar-refractivity contribution in [1.29, 1.82) is 0 Å². The molecular formula is C22H22N6O2. The van der Waals surface area contributed by atoms with E-state index in [1.165, 1.54) is 0 Å². The summed E-state index contributed by atoms with van der Waals surface area (Å²) in [4.78, 5) is 21.3. The van der Waals surface area contributed by atoms with E-state index in [0.717, 1.165) is 22.2 Å². The van der Waals surface area contributed by atoms with Crippen molar-refractivity contribution in [1.82, 2.24) is 20.2 Å². The Morgan fingerprint density at radius 3 is 2.57 bits per heavy atom. The molecule has 0 saturated carbocycles. The maximum atomic E-state index is 11.6. The molecule has 30 heavy (non-hydrogen) atoms. The highest BCUT2D eigenvalue weighted by Gasteiger charge is 2.20. The molecule has 0 amide bonds. The Bertz CT molecular complexity index is 1220. The summed E-state index contributed by atoms with van der Waals surface area (Å²) in [6.45, 7) is 2.47. The number of hydrogen-bond donors (Lipinski definition) is 3. The lowest BCUT2D eigenvalue weighted by atomic mass is 10.1. The van der Waals surface area contributed by atoms with Crippen LogP contribution in [0.2, 0.25) is 0 Å². The number of carboxylic acid groups (broad SMARTS) is 1. The van der Waals surface area contributed by atoms with Gasteiger partial charge in [0.15, 0.2) is 17.5 Å². The molecule has 0 saturated heterocycles. The number of rotatable bonds is 6. The van der Waals surface area contributed by atoms with E-state index in [1.807, 2.05) is 62.3 Å². The molecule has 2 aromatic heterocycles. The Labute approximate surface area is 173 Å². The summed E-state index contributed by atoms with van der Waals surface area (Å²) < 4.78 is 0. The fourth-order valence-corrected chi connectivity index (χ4v) is 3.44. The summed E-state index contributed by atoms with van der Waals surface area (Å²) in [6, 6.07) is 15.2. The van der Waals surface area contributed by atoms with E-state index < -0.39 is 5.97 Å². The number of carboxylic acids is 1. The molecular weight excluding hydrogens is 380 g/mol. The second-order valence-corrected chi connectivity index (χ2v) is 7.20. The van der Waals surface area contributed by atoms with Crippen LogP contribution in [0, 0.1) is 6.92 Å². The Hall–Kier alpha value is -3.94. The number of nitrogens with one attached hydrogen (secondary N) is 2. The molecule has 0 spiro atoms. The van der Waals surface area contributed by atoms with Crippen molar-refractivity contribution in [3.05, 3.63) is 65.4 Å². The number of anilines is 2. The molecule has 2 heterocycles. The first-order valence-electron chi connectivity index (χ1n) is 9.50. The number of aromatic nitrogens is 4. The molecule has 0 bridgehead atoms. The molecule has 0 aliphatic rings. The minimum atomic E-state index is -0.986. The number of aromatic amines is 1. The number of nitrogens with zero attached hydrogens (tertiary/aromatic N) is 4. The average molecular weight is 402 g/mol. The Kier molecular flexibility index (Phi) is 5.05. The van der Waals surface area contributed by atoms with E-state index in [9.17, 15) is 9.90 Å². The Morgan fingerprint density at radius 2 is 1.87 bits per heavy atom. The number of H-pyrrole nitrogens is 1. The lowest BCUT2D eigenvalue weighted by Crippen LogP contribution is -2.16. The third-order valence-electron chi connectivity index (χ3n) is 4.87. The molecule has 152 valence electrons. The van der Waals surface area contributed by atoms with Gasteiger partial charge >= 0.3 is 5.97 Å². The Balaban J connectivity index is 1.79. The van der Waals surface area contributed by atoms with Crippen LogP contribution in [0.25, 0.3) is 22.3 Å². The van der Waals surface area contributed by atoms with Gasteiger partial charge < -0.3 is 20.3 Å². The minimum Gasteiger partial charge on any atom is -0.478 e. The normalized spacial score (nSPS) is 10.9. The number of aryl methyl sites for hydroxylation is 1. The topological polar surface area (TPSA) is 107 Å². The van der Waals surface area contributed by atoms with Gasteiger partial charge in [0, 0.05) is 37.3 Å². The van der Waals surface area contributed by atoms with Gasteiger partial charge in [0.05, 0.1) is 11.1 Å². The van der Waals surface area contributed by atoms with Gasteiger partial charge in [-0.1, -0.05) is 42.5 Å². The fraction of sp³-hybridized carbons (Fsp3) is 0.182. The van der Waals surface area contributed by atoms with E-state index in [-0.39, 0.29) is 5.56 Å². The molecule has 0 fully saturated rings. The molecule has 0 unspecified atom stereocenters. The zero-order chi connectivity index (χ0) is 21.3. The largest absolute Gasteiger partial charge is 0.478 e. The van der Waals surface area contributed by atoms with Crippen LogP contribution in [0.4, 0.5) is 11.6 Å². The molecule has 4 rings (SSSR count). The van der Waals surface area contributed by atoms with Crippen molar-refractivity contribution in [2.75, 3.05) is 24.3 Å². The molecule has 2 aromatic carbocycles. The standard InChI is InChI=1S/C22H22N6O2/c1-13-17(15-10-7-11-16(22(29)30)18(15)24-13)19-25-20(21(27-26-19)28(2)3)23-12-14-8-5-4-6-9-14/h4-11,24H,12H2,1-3H3,(H,29,30)(H,23,25,26). The van der Waals surface area contributed by atoms with Crippen molar-refractivity contribution in [2.24, 2.45) is 0 Å². The van der Waals surface area contributed by atoms with Gasteiger partial charge in [0.1, 0.15) is 0 Å². The van der Waals surface area contributed by atoms with Gasteiger partial charge in [0.25, 0.3) is 0 Å². The zero-order valence-corrected chi connectivity index (χ0v) is 17.0. The quantitative estimate of drug-likeness (QED) is 0.451. The monoisotopic (exact) mass is 402 g/mol. The van der Waals surface area contributed by atoms with Crippen LogP contribution in [-0.4, -0.2) is 45.3 Å². The number of benzene rings is 2. The number of para-hydroxylation sites is 1. The molecule has 8 nitrogen and oxygen atoms in total. The predicted molar refractivity (Wildman–Crippen MR) is 117 cm³/mol. The lowest BCUT2D eigenvalue weighted by Gasteiger charge is -2.16. The smallest absolute Gasteiger partial charge is 0.337 e. The SMILES string of the molecule is Cc1[nH]c2c(C(=O)O)cccc2c1-c1nnc(N(C)C)c(NCc2ccccc2)n1. The number of hydrogen-bond acceptors (Lipinski definition) is 6. The van der Waals surface area contributed by atoms with Crippen molar-refractivity contribution < 1.29 is 9.90 Å². The maximum Gasteiger partial charge on any atom is 0.337 e. The summed E-state index contributed by atoms with van der Waals surface area (Å²) in [5.41, 5.74) is 3.41. The first-order chi connectivity index (χ1) is 14.5. The summed E-state index contributed by atoms with van der Waals surface area (Å²) >= 11 is 0. The third-order valence-corrected chi connectivity index (χ3v) is 4.87. The minimum absolute atomic E-state index is 0.210. The van der Waals surface area contributed by atoms with Crippen LogP contribution >= 0.6 is 0 Å². The van der Waals surface area contributed by atoms with E-state index in [2.05, 4.69) is 20.5 Å². The highest BCUT2D eigenvalue weighted by atomic mass is 16.4. The average Bonchev–Trinajstić information content (AvgIpc) is 3.08. The molecule has 4 aromatic rings. The molecule has 0 aliphatic carbocycles. The van der Waals surface area contributed by atoms with Gasteiger partial charge in [0.2, 0.25) is 0 Å². The zero-order valence-electron chi connectivity index (χ0n) is 17.0. The van der Waals surface area contributed by atoms with E-state index in [0.29, 0.717) is 29.5 Å². The van der Waals surface area contributed by atoms with Gasteiger partial charge in [-0.2, -0.15) is 0 Å². The lowest BCUT2D eigenvalue weighted by molar-refractivity contribution is 0.0699. The van der Waals surface area contributed by atoms with Crippen LogP contribution in [0.3, 0.4) is 0 Å². The van der Waals surface area contributed by atoms with Crippen molar-refractivity contribution >= 4 is 28.5 Å². The fourth-order valence-electron chi connectivity index (χ4n) is 3.44. The highest BCUT2D eigenvalue weighted by Crippen LogP contribution is 2.33. The van der Waals surface area contributed by atoms with Crippen LogP contribution < -0.4 is 10.2 Å². The predicted octanol–water partition coefficient (Wildman–Crippen LogP) is 3.70. The highest BCUT2D eigenvalue weighted by molar-refractivity contribution is 6.07. The van der Waals surface area contributed by atoms with Gasteiger partial charge in [-0.05, 0) is 18.6 Å². The van der Waals surface area contributed by atoms with Gasteiger partial charge in [-0.3, -0.25) is 0 Å². The second kappa shape index (κ2) is 7.82. The van der Waals surface area contributed by atoms with Crippen molar-refractivity contribution in [2.45, 2.75) is 13.5 Å². The number of aromatic carboxylic acids is 1. The van der Waals surface area contributed by atoms with Gasteiger partial charge in [-0.25, -0.2) is 9.78 Å². The van der Waals surface area contributed by atoms with Crippen LogP contribution in [-0.2, 0) is 6.54 Å². The first-order valence-corrected chi connectivity index (χ1v) is 9.50. The third kappa shape index (κ3) is 3.55. The van der Waals surface area contributed by atoms with Crippen molar-refractivity contribution in [3.8, 4) is 11.4 Å². The van der Waals surface area contributed by atoms with E-state index in [1.54, 1.807) is 12.1 Å². The molecule has 0 aliphatic heterocycles. The van der Waals surface area contributed by atoms with E-state index in [4.69, 9.17) is 4.98 Å². The summed E-state index contributed by atoms with van der Waals surface area (Å²) in [5.74, 6) is 0.679. The number of carbonyl (C=O) groups is 1. The maximum absolute atomic E-state index is 11.6. The molecule has 0 atom stereocenters. The molecule has 8 heteroatoms. The first kappa shape index (κ1) is 19.4. The van der Waals surface area contributed by atoms with Gasteiger partial charge in [-0.15, -0.1) is 10.2 Å². The van der Waals surface area contributed by atoms with Crippen LogP contribution in [0.15, 0.2) is 48.5 Å². The van der Waals surface area contributed by atoms with Crippen LogP contribution in [0.1, 0.15) is 21.6 Å². The molecule has 0 radical (unpaired) electrons. The molecule has 3 N–H and O–H groups in total. The number of fused-ring (bicyclic) bond motifs is 1. The summed E-state index contributed by atoms with van der Waals surface area (Å²) in [6.07, 6.45) is 0. The summed E-state index contributed by atoms with van der Waals surface area (Å²) in [5, 5.41) is 22.3. The van der Waals surface area contributed by atoms with E-state index >= 15 is 0 Å². The van der Waals surface area contributed by atoms with Crippen LogP contribution in [0.5, 0.6) is 0 Å².